The number of hydrogen-bond acceptors (Lipinski definition) is 3. The Labute approximate surface area is 159 Å². The molecule has 1 aromatic carbocycles. The van der Waals surface area contributed by atoms with E-state index in [-0.39, 0.29) is 10.8 Å². The third-order valence-electron chi connectivity index (χ3n) is 4.70. The van der Waals surface area contributed by atoms with Crippen molar-refractivity contribution in [3.63, 3.8) is 0 Å². The molecule has 0 spiro atoms. The van der Waals surface area contributed by atoms with Gasteiger partial charge in [-0.3, -0.25) is 0 Å². The predicted molar refractivity (Wildman–Crippen MR) is 112 cm³/mol. The quantitative estimate of drug-likeness (QED) is 0.726. The second-order valence-corrected chi connectivity index (χ2v) is 14.6. The van der Waals surface area contributed by atoms with Gasteiger partial charge in [-0.1, -0.05) is 54.6 Å². The largest absolute Gasteiger partial charge is 0.508 e. The topological polar surface area (TPSA) is 42.6 Å². The van der Waals surface area contributed by atoms with Gasteiger partial charge in [-0.05, 0) is 41.5 Å². The molecule has 0 saturated carbocycles. The van der Waals surface area contributed by atoms with Crippen LogP contribution in [0.25, 0.3) is 0 Å². The molecule has 0 atom stereocenters. The lowest BCUT2D eigenvalue weighted by Crippen LogP contribution is -2.47. The average Bonchev–Trinajstić information content (AvgIpc) is 2.91. The van der Waals surface area contributed by atoms with Gasteiger partial charge in [-0.25, -0.2) is 0 Å². The summed E-state index contributed by atoms with van der Waals surface area (Å²) in [6, 6.07) is 6.02. The molecule has 1 N–H and O–H groups in total. The molecular formula is C22H34O3Si. The average molecular weight is 375 g/mol. The lowest BCUT2D eigenvalue weighted by atomic mass is 9.81. The number of hydrogen-bond donors (Lipinski definition) is 1. The van der Waals surface area contributed by atoms with Crippen LogP contribution in [0.3, 0.4) is 0 Å². The molecule has 0 aliphatic heterocycles. The van der Waals surface area contributed by atoms with Crippen molar-refractivity contribution >= 4 is 13.5 Å². The number of aromatic hydroxyl groups is 1. The molecule has 0 saturated heterocycles. The Hall–Kier alpha value is -1.68. The maximum absolute atomic E-state index is 10.6. The number of ether oxygens (including phenoxy) is 1. The molecular weight excluding hydrogens is 340 g/mol. The van der Waals surface area contributed by atoms with Crippen LogP contribution in [-0.2, 0) is 10.8 Å². The van der Waals surface area contributed by atoms with Crippen LogP contribution in [0.15, 0.2) is 28.9 Å². The highest BCUT2D eigenvalue weighted by Crippen LogP contribution is 2.40. The zero-order chi connectivity index (χ0) is 19.9. The molecule has 26 heavy (non-hydrogen) atoms. The molecule has 0 fully saturated rings. The maximum atomic E-state index is 10.6. The molecule has 144 valence electrons. The van der Waals surface area contributed by atoms with Crippen molar-refractivity contribution < 1.29 is 14.3 Å². The minimum absolute atomic E-state index is 0.115. The first kappa shape index (κ1) is 20.6. The first-order valence-electron chi connectivity index (χ1n) is 9.28. The standard InChI is InChI=1S/C22H34O3Si/c1-15-10-20(24-13-15)26(8,9)14-25-19-12-16(21(2,3)4)18(23)11-17(19)22(5,6)7/h10-13,23H,14H2,1-9H3. The van der Waals surface area contributed by atoms with Gasteiger partial charge in [0.05, 0.1) is 17.9 Å². The summed E-state index contributed by atoms with van der Waals surface area (Å²) in [5.41, 5.74) is 2.83. The molecule has 2 rings (SSSR count). The highest BCUT2D eigenvalue weighted by Gasteiger charge is 2.31. The Morgan fingerprint density at radius 2 is 1.54 bits per heavy atom. The lowest BCUT2D eigenvalue weighted by Gasteiger charge is -2.29. The maximum Gasteiger partial charge on any atom is 0.168 e. The number of benzene rings is 1. The van der Waals surface area contributed by atoms with Crippen molar-refractivity contribution in [3.8, 4) is 11.5 Å². The molecule has 0 unspecified atom stereocenters. The van der Waals surface area contributed by atoms with E-state index in [2.05, 4.69) is 60.7 Å². The first-order chi connectivity index (χ1) is 11.7. The van der Waals surface area contributed by atoms with E-state index in [1.54, 1.807) is 0 Å². The molecule has 0 radical (unpaired) electrons. The van der Waals surface area contributed by atoms with Crippen LogP contribution in [-0.4, -0.2) is 19.4 Å². The van der Waals surface area contributed by atoms with Crippen LogP contribution in [0.1, 0.15) is 58.2 Å². The molecule has 0 aliphatic rings. The van der Waals surface area contributed by atoms with Crippen LogP contribution in [0.4, 0.5) is 0 Å². The van der Waals surface area contributed by atoms with Gasteiger partial charge in [-0.2, -0.15) is 0 Å². The first-order valence-corrected chi connectivity index (χ1v) is 12.5. The molecule has 1 aromatic heterocycles. The van der Waals surface area contributed by atoms with Gasteiger partial charge < -0.3 is 14.3 Å². The van der Waals surface area contributed by atoms with E-state index in [0.29, 0.717) is 12.0 Å². The van der Waals surface area contributed by atoms with E-state index in [1.807, 2.05) is 25.3 Å². The van der Waals surface area contributed by atoms with Crippen molar-refractivity contribution in [2.45, 2.75) is 72.4 Å². The molecule has 0 aliphatic carbocycles. The predicted octanol–water partition coefficient (Wildman–Crippen LogP) is 5.42. The SMILES string of the molecule is Cc1coc([Si](C)(C)COc2cc(C(C)(C)C)c(O)cc2C(C)(C)C)c1. The molecule has 4 heteroatoms. The van der Waals surface area contributed by atoms with Crippen molar-refractivity contribution in [2.75, 3.05) is 6.23 Å². The number of furan rings is 1. The second-order valence-electron chi connectivity index (χ2n) is 10.0. The Kier molecular flexibility index (Phi) is 5.40. The summed E-state index contributed by atoms with van der Waals surface area (Å²) < 4.78 is 12.1. The van der Waals surface area contributed by atoms with Gasteiger partial charge >= 0.3 is 0 Å². The molecule has 0 amide bonds. The molecule has 3 nitrogen and oxygen atoms in total. The van der Waals surface area contributed by atoms with E-state index in [9.17, 15) is 5.11 Å². The summed E-state index contributed by atoms with van der Waals surface area (Å²) in [5, 5.41) is 11.6. The van der Waals surface area contributed by atoms with Gasteiger partial charge in [-0.15, -0.1) is 0 Å². The summed E-state index contributed by atoms with van der Waals surface area (Å²) >= 11 is 0. The van der Waals surface area contributed by atoms with Crippen molar-refractivity contribution in [2.24, 2.45) is 0 Å². The zero-order valence-corrected chi connectivity index (χ0v) is 18.8. The van der Waals surface area contributed by atoms with Crippen molar-refractivity contribution in [1.29, 1.82) is 0 Å². The minimum Gasteiger partial charge on any atom is -0.508 e. The Balaban J connectivity index is 2.40. The van der Waals surface area contributed by atoms with Gasteiger partial charge in [0.15, 0.2) is 8.07 Å². The highest BCUT2D eigenvalue weighted by molar-refractivity contribution is 6.88. The molecule has 2 aromatic rings. The Morgan fingerprint density at radius 3 is 2.00 bits per heavy atom. The van der Waals surface area contributed by atoms with Crippen molar-refractivity contribution in [3.05, 3.63) is 41.2 Å². The summed E-state index contributed by atoms with van der Waals surface area (Å²) in [4.78, 5) is 0. The Bertz CT molecular complexity index is 774. The van der Waals surface area contributed by atoms with Crippen molar-refractivity contribution in [1.82, 2.24) is 0 Å². The van der Waals surface area contributed by atoms with Crippen LogP contribution in [0.2, 0.25) is 13.1 Å². The van der Waals surface area contributed by atoms with Gasteiger partial charge in [0.1, 0.15) is 11.5 Å². The fourth-order valence-electron chi connectivity index (χ4n) is 2.99. The molecule has 0 bridgehead atoms. The van der Waals surface area contributed by atoms with E-state index >= 15 is 0 Å². The normalized spacial score (nSPS) is 13.1. The number of phenolic OH excluding ortho intramolecular Hbond substituents is 1. The number of phenols is 1. The highest BCUT2D eigenvalue weighted by atomic mass is 28.3. The van der Waals surface area contributed by atoms with Crippen LogP contribution >= 0.6 is 0 Å². The van der Waals surface area contributed by atoms with E-state index in [0.717, 1.165) is 27.8 Å². The monoisotopic (exact) mass is 374 g/mol. The molecule has 1 heterocycles. The lowest BCUT2D eigenvalue weighted by molar-refractivity contribution is 0.359. The van der Waals surface area contributed by atoms with Gasteiger partial charge in [0.2, 0.25) is 0 Å². The van der Waals surface area contributed by atoms with E-state index in [4.69, 9.17) is 9.15 Å². The zero-order valence-electron chi connectivity index (χ0n) is 17.8. The van der Waals surface area contributed by atoms with Gasteiger partial charge in [0.25, 0.3) is 0 Å². The summed E-state index contributed by atoms with van der Waals surface area (Å²) in [7, 11) is -1.85. The third-order valence-corrected chi connectivity index (χ3v) is 7.16. The fourth-order valence-corrected chi connectivity index (χ4v) is 4.65. The fraction of sp³-hybridized carbons (Fsp3) is 0.545. The van der Waals surface area contributed by atoms with Crippen LogP contribution < -0.4 is 10.1 Å². The van der Waals surface area contributed by atoms with Gasteiger partial charge in [0, 0.05) is 11.1 Å². The summed E-state index contributed by atoms with van der Waals surface area (Å²) in [6.45, 7) is 19.3. The van der Waals surface area contributed by atoms with Crippen LogP contribution in [0.5, 0.6) is 11.5 Å². The number of aryl methyl sites for hydroxylation is 1. The van der Waals surface area contributed by atoms with E-state index in [1.165, 1.54) is 0 Å². The second kappa shape index (κ2) is 6.80. The minimum atomic E-state index is -1.85. The van der Waals surface area contributed by atoms with E-state index < -0.39 is 8.07 Å². The Morgan fingerprint density at radius 1 is 0.962 bits per heavy atom. The smallest absolute Gasteiger partial charge is 0.168 e. The summed E-state index contributed by atoms with van der Waals surface area (Å²) in [6.07, 6.45) is 2.44. The van der Waals surface area contributed by atoms with Crippen LogP contribution in [0, 0.1) is 6.92 Å². The number of rotatable bonds is 4. The summed E-state index contributed by atoms with van der Waals surface area (Å²) in [5.74, 6) is 1.21. The third kappa shape index (κ3) is 4.53.